The van der Waals surface area contributed by atoms with Gasteiger partial charge in [-0.15, -0.1) is 11.3 Å². The lowest BCUT2D eigenvalue weighted by molar-refractivity contribution is 0.333. The van der Waals surface area contributed by atoms with Gasteiger partial charge in [0.05, 0.1) is 3.79 Å². The third-order valence-electron chi connectivity index (χ3n) is 3.07. The van der Waals surface area contributed by atoms with Crippen LogP contribution in [-0.4, -0.2) is 37.1 Å². The van der Waals surface area contributed by atoms with Gasteiger partial charge in [0, 0.05) is 24.0 Å². The molecule has 0 aromatic carbocycles. The lowest BCUT2D eigenvalue weighted by atomic mass is 10.3. The van der Waals surface area contributed by atoms with Gasteiger partial charge in [-0.1, -0.05) is 6.92 Å². The van der Waals surface area contributed by atoms with Gasteiger partial charge >= 0.3 is 0 Å². The first-order valence-corrected chi connectivity index (χ1v) is 7.59. The molecule has 1 unspecified atom stereocenters. The summed E-state index contributed by atoms with van der Waals surface area (Å²) in [6, 6.07) is 5.10. The van der Waals surface area contributed by atoms with E-state index in [9.17, 15) is 0 Å². The molecule has 2 rings (SSSR count). The molecule has 0 aliphatic carbocycles. The Morgan fingerprint density at radius 3 is 3.12 bits per heavy atom. The quantitative estimate of drug-likeness (QED) is 0.900. The van der Waals surface area contributed by atoms with Gasteiger partial charge in [0.1, 0.15) is 0 Å². The maximum absolute atomic E-state index is 3.53. The minimum Gasteiger partial charge on any atom is -0.313 e. The van der Waals surface area contributed by atoms with Gasteiger partial charge < -0.3 is 10.2 Å². The van der Waals surface area contributed by atoms with Crippen LogP contribution in [0.4, 0.5) is 0 Å². The molecule has 4 heteroatoms. The summed E-state index contributed by atoms with van der Waals surface area (Å²) in [5.74, 6) is 0. The first kappa shape index (κ1) is 12.6. The molecular formula is C12H19BrN2S. The van der Waals surface area contributed by atoms with Crippen molar-refractivity contribution in [3.8, 4) is 0 Å². The summed E-state index contributed by atoms with van der Waals surface area (Å²) >= 11 is 5.37. The Bertz CT molecular complexity index is 327. The number of nitrogens with one attached hydrogen (secondary N) is 1. The van der Waals surface area contributed by atoms with E-state index >= 15 is 0 Å². The fraction of sp³-hybridized carbons (Fsp3) is 0.667. The maximum Gasteiger partial charge on any atom is 0.0701 e. The summed E-state index contributed by atoms with van der Waals surface area (Å²) in [4.78, 5) is 4.06. The van der Waals surface area contributed by atoms with Crippen LogP contribution >= 0.6 is 27.3 Å². The number of nitrogens with zero attached hydrogens (tertiary/aromatic N) is 1. The van der Waals surface area contributed by atoms with Crippen molar-refractivity contribution in [3.05, 3.63) is 20.8 Å². The van der Waals surface area contributed by atoms with Gasteiger partial charge in [-0.05, 0) is 54.0 Å². The van der Waals surface area contributed by atoms with Crippen LogP contribution in [-0.2, 0) is 6.42 Å². The topological polar surface area (TPSA) is 15.3 Å². The predicted octanol–water partition coefficient (Wildman–Crippen LogP) is 2.74. The van der Waals surface area contributed by atoms with Gasteiger partial charge in [0.25, 0.3) is 0 Å². The Balaban J connectivity index is 1.71. The van der Waals surface area contributed by atoms with Gasteiger partial charge in [-0.25, -0.2) is 0 Å². The summed E-state index contributed by atoms with van der Waals surface area (Å²) < 4.78 is 1.24. The molecule has 0 bridgehead atoms. The van der Waals surface area contributed by atoms with Crippen molar-refractivity contribution in [1.29, 1.82) is 0 Å². The third kappa shape index (κ3) is 3.55. The highest BCUT2D eigenvalue weighted by molar-refractivity contribution is 9.11. The predicted molar refractivity (Wildman–Crippen MR) is 74.2 cm³/mol. The summed E-state index contributed by atoms with van der Waals surface area (Å²) in [5.41, 5.74) is 0. The molecule has 1 aliphatic rings. The summed E-state index contributed by atoms with van der Waals surface area (Å²) in [6.45, 7) is 6.96. The lowest BCUT2D eigenvalue weighted by Crippen LogP contribution is -2.32. The second-order valence-electron chi connectivity index (χ2n) is 4.30. The minimum atomic E-state index is 0.722. The molecule has 0 spiro atoms. The monoisotopic (exact) mass is 302 g/mol. The maximum atomic E-state index is 3.53. The van der Waals surface area contributed by atoms with Crippen LogP contribution < -0.4 is 5.32 Å². The van der Waals surface area contributed by atoms with Crippen LogP contribution in [0.25, 0.3) is 0 Å². The van der Waals surface area contributed by atoms with E-state index in [0.717, 1.165) is 12.6 Å². The highest BCUT2D eigenvalue weighted by atomic mass is 79.9. The largest absolute Gasteiger partial charge is 0.313 e. The number of rotatable bonds is 5. The van der Waals surface area contributed by atoms with Crippen LogP contribution in [0.5, 0.6) is 0 Å². The first-order chi connectivity index (χ1) is 7.78. The Morgan fingerprint density at radius 2 is 2.44 bits per heavy atom. The number of halogens is 1. The van der Waals surface area contributed by atoms with Crippen LogP contribution in [0.1, 0.15) is 18.2 Å². The molecule has 1 N–H and O–H groups in total. The van der Waals surface area contributed by atoms with Crippen LogP contribution in [0.2, 0.25) is 0 Å². The molecule has 2 heterocycles. The Labute approximate surface area is 110 Å². The zero-order valence-electron chi connectivity index (χ0n) is 9.71. The van der Waals surface area contributed by atoms with Crippen molar-refractivity contribution in [3.63, 3.8) is 0 Å². The van der Waals surface area contributed by atoms with Crippen molar-refractivity contribution >= 4 is 27.3 Å². The number of hydrogen-bond acceptors (Lipinski definition) is 3. The Morgan fingerprint density at radius 1 is 1.56 bits per heavy atom. The van der Waals surface area contributed by atoms with Crippen molar-refractivity contribution in [2.24, 2.45) is 0 Å². The smallest absolute Gasteiger partial charge is 0.0701 e. The molecule has 1 atom stereocenters. The Hall–Kier alpha value is 0.1000. The zero-order chi connectivity index (χ0) is 11.4. The molecular weight excluding hydrogens is 284 g/mol. The molecule has 2 nitrogen and oxygen atoms in total. The van der Waals surface area contributed by atoms with Crippen LogP contribution in [0, 0.1) is 0 Å². The fourth-order valence-electron chi connectivity index (χ4n) is 2.25. The summed E-state index contributed by atoms with van der Waals surface area (Å²) in [5, 5.41) is 3.53. The number of hydrogen-bond donors (Lipinski definition) is 1. The average Bonchev–Trinajstić information content (AvgIpc) is 2.85. The van der Waals surface area contributed by atoms with E-state index < -0.39 is 0 Å². The third-order valence-corrected chi connectivity index (χ3v) is 4.75. The molecule has 0 saturated carbocycles. The van der Waals surface area contributed by atoms with Crippen molar-refractivity contribution in [2.45, 2.75) is 25.8 Å². The van der Waals surface area contributed by atoms with E-state index in [1.165, 1.54) is 41.1 Å². The molecule has 0 radical (unpaired) electrons. The highest BCUT2D eigenvalue weighted by Crippen LogP contribution is 2.23. The van der Waals surface area contributed by atoms with Crippen molar-refractivity contribution in [2.75, 3.05) is 26.2 Å². The highest BCUT2D eigenvalue weighted by Gasteiger charge is 2.20. The minimum absolute atomic E-state index is 0.722. The van der Waals surface area contributed by atoms with Crippen molar-refractivity contribution < 1.29 is 0 Å². The number of likely N-dealkylation sites (N-methyl/N-ethyl adjacent to an activating group) is 1. The van der Waals surface area contributed by atoms with Gasteiger partial charge in [0.15, 0.2) is 0 Å². The van der Waals surface area contributed by atoms with E-state index in [2.05, 4.69) is 45.2 Å². The van der Waals surface area contributed by atoms with Gasteiger partial charge in [-0.3, -0.25) is 0 Å². The van der Waals surface area contributed by atoms with Crippen molar-refractivity contribution in [1.82, 2.24) is 10.2 Å². The number of likely N-dealkylation sites (tertiary alicyclic amines) is 1. The van der Waals surface area contributed by atoms with Crippen LogP contribution in [0.3, 0.4) is 0 Å². The van der Waals surface area contributed by atoms with E-state index in [4.69, 9.17) is 0 Å². The average molecular weight is 303 g/mol. The van der Waals surface area contributed by atoms with E-state index in [1.54, 1.807) is 0 Å². The summed E-state index contributed by atoms with van der Waals surface area (Å²) in [6.07, 6.45) is 2.50. The van der Waals surface area contributed by atoms with E-state index in [-0.39, 0.29) is 0 Å². The second-order valence-corrected chi connectivity index (χ2v) is 6.85. The van der Waals surface area contributed by atoms with Gasteiger partial charge in [0.2, 0.25) is 0 Å². The molecule has 0 amide bonds. The lowest BCUT2D eigenvalue weighted by Gasteiger charge is -2.15. The van der Waals surface area contributed by atoms with E-state index in [1.807, 2.05) is 11.3 Å². The molecule has 1 saturated heterocycles. The van der Waals surface area contributed by atoms with Crippen LogP contribution in [0.15, 0.2) is 15.9 Å². The Kier molecular flexibility index (Phi) is 4.82. The molecule has 1 aliphatic heterocycles. The van der Waals surface area contributed by atoms with E-state index in [0.29, 0.717) is 0 Å². The zero-order valence-corrected chi connectivity index (χ0v) is 12.1. The standard InChI is InChI=1S/C12H19BrN2S/c1-2-14-10-5-7-15(9-10)8-6-11-3-4-12(13)16-11/h3-4,10,14H,2,5-9H2,1H3. The SMILES string of the molecule is CCNC1CCN(CCc2ccc(Br)s2)C1. The molecule has 1 aromatic heterocycles. The first-order valence-electron chi connectivity index (χ1n) is 5.98. The normalized spacial score (nSPS) is 21.8. The van der Waals surface area contributed by atoms with Gasteiger partial charge in [-0.2, -0.15) is 0 Å². The summed E-state index contributed by atoms with van der Waals surface area (Å²) in [7, 11) is 0. The molecule has 1 fully saturated rings. The molecule has 1 aromatic rings. The molecule has 16 heavy (non-hydrogen) atoms. The molecule has 90 valence electrons. The second kappa shape index (κ2) is 6.15. The fourth-order valence-corrected chi connectivity index (χ4v) is 3.72. The number of thiophene rings is 1.